The lowest BCUT2D eigenvalue weighted by atomic mass is 10.1. The van der Waals surface area contributed by atoms with Gasteiger partial charge in [-0.25, -0.2) is 0 Å². The highest BCUT2D eigenvalue weighted by atomic mass is 16.2. The topological polar surface area (TPSA) is 63.4 Å². The molecule has 130 valence electrons. The van der Waals surface area contributed by atoms with E-state index in [1.54, 1.807) is 17.1 Å². The lowest BCUT2D eigenvalue weighted by Crippen LogP contribution is -2.34. The Morgan fingerprint density at radius 3 is 2.32 bits per heavy atom. The molecule has 0 saturated heterocycles. The summed E-state index contributed by atoms with van der Waals surface area (Å²) in [6.07, 6.45) is 4.25. The van der Waals surface area contributed by atoms with Crippen molar-refractivity contribution in [3.05, 3.63) is 77.4 Å². The molecular formula is C21H24N2O2. The molecule has 0 spiro atoms. The van der Waals surface area contributed by atoms with Crippen LogP contribution in [0.5, 0.6) is 0 Å². The van der Waals surface area contributed by atoms with Gasteiger partial charge in [0.25, 0.3) is 0 Å². The van der Waals surface area contributed by atoms with E-state index in [1.807, 2.05) is 61.5 Å². The molecule has 2 amide bonds. The van der Waals surface area contributed by atoms with E-state index in [-0.39, 0.29) is 12.3 Å². The lowest BCUT2D eigenvalue weighted by molar-refractivity contribution is -0.126. The number of nitrogens with two attached hydrogens (primary N) is 1. The van der Waals surface area contributed by atoms with Crippen LogP contribution in [0.15, 0.2) is 60.7 Å². The van der Waals surface area contributed by atoms with Crippen molar-refractivity contribution in [3.8, 4) is 0 Å². The molecule has 4 heteroatoms. The second-order valence-electron chi connectivity index (χ2n) is 6.02. The van der Waals surface area contributed by atoms with Crippen LogP contribution in [0.25, 0.3) is 6.08 Å². The van der Waals surface area contributed by atoms with Gasteiger partial charge in [-0.1, -0.05) is 60.2 Å². The summed E-state index contributed by atoms with van der Waals surface area (Å²) < 4.78 is 0. The Morgan fingerprint density at radius 1 is 1.00 bits per heavy atom. The van der Waals surface area contributed by atoms with Gasteiger partial charge < -0.3 is 10.6 Å². The summed E-state index contributed by atoms with van der Waals surface area (Å²) >= 11 is 0. The summed E-state index contributed by atoms with van der Waals surface area (Å²) in [5.41, 5.74) is 8.53. The first kappa shape index (κ1) is 18.5. The van der Waals surface area contributed by atoms with Gasteiger partial charge in [-0.05, 0) is 30.5 Å². The molecule has 0 bridgehead atoms. The fraction of sp³-hybridized carbons (Fsp3) is 0.238. The normalized spacial score (nSPS) is 10.8. The van der Waals surface area contributed by atoms with E-state index in [0.29, 0.717) is 13.1 Å². The standard InChI is InChI=1S/C21H24N2O2/c1-17-7-9-19(10-8-17)11-12-21(25)23(16-14-20(22)24)15-13-18-5-3-2-4-6-18/h2-12H,13-16H2,1H3,(H2,22,24)/b12-11+. The van der Waals surface area contributed by atoms with Gasteiger partial charge >= 0.3 is 0 Å². The maximum absolute atomic E-state index is 12.5. The highest BCUT2D eigenvalue weighted by molar-refractivity contribution is 5.92. The molecule has 0 aliphatic carbocycles. The molecule has 0 aliphatic heterocycles. The molecular weight excluding hydrogens is 312 g/mol. The van der Waals surface area contributed by atoms with Crippen molar-refractivity contribution < 1.29 is 9.59 Å². The molecule has 25 heavy (non-hydrogen) atoms. The van der Waals surface area contributed by atoms with E-state index in [4.69, 9.17) is 5.73 Å². The summed E-state index contributed by atoms with van der Waals surface area (Å²) in [6.45, 7) is 2.90. The summed E-state index contributed by atoms with van der Waals surface area (Å²) in [5.74, 6) is -0.516. The SMILES string of the molecule is Cc1ccc(/C=C/C(=O)N(CCC(N)=O)CCc2ccccc2)cc1. The lowest BCUT2D eigenvalue weighted by Gasteiger charge is -2.20. The number of primary amides is 1. The third-order valence-corrected chi connectivity index (χ3v) is 3.95. The minimum Gasteiger partial charge on any atom is -0.370 e. The van der Waals surface area contributed by atoms with Crippen molar-refractivity contribution in [1.82, 2.24) is 4.90 Å². The number of nitrogens with zero attached hydrogens (tertiary/aromatic N) is 1. The van der Waals surface area contributed by atoms with Crippen LogP contribution in [0.1, 0.15) is 23.1 Å². The molecule has 4 nitrogen and oxygen atoms in total. The Kier molecular flexibility index (Phi) is 6.96. The van der Waals surface area contributed by atoms with E-state index in [2.05, 4.69) is 0 Å². The van der Waals surface area contributed by atoms with Crippen molar-refractivity contribution in [2.45, 2.75) is 19.8 Å². The molecule has 2 rings (SSSR count). The number of benzene rings is 2. The Morgan fingerprint density at radius 2 is 1.68 bits per heavy atom. The van der Waals surface area contributed by atoms with Gasteiger partial charge in [-0.3, -0.25) is 9.59 Å². The fourth-order valence-corrected chi connectivity index (χ4v) is 2.44. The zero-order chi connectivity index (χ0) is 18.1. The van der Waals surface area contributed by atoms with E-state index in [9.17, 15) is 9.59 Å². The van der Waals surface area contributed by atoms with Crippen LogP contribution < -0.4 is 5.73 Å². The molecule has 0 aliphatic rings. The number of hydrogen-bond donors (Lipinski definition) is 1. The molecule has 2 aromatic rings. The Balaban J connectivity index is 2.00. The third kappa shape index (κ3) is 6.63. The Bertz CT molecular complexity index is 721. The maximum atomic E-state index is 12.5. The summed E-state index contributed by atoms with van der Waals surface area (Å²) in [7, 11) is 0. The molecule has 0 fully saturated rings. The second kappa shape index (κ2) is 9.42. The van der Waals surface area contributed by atoms with Gasteiger partial charge in [-0.15, -0.1) is 0 Å². The number of hydrogen-bond acceptors (Lipinski definition) is 2. The molecule has 0 unspecified atom stereocenters. The predicted molar refractivity (Wildman–Crippen MR) is 101 cm³/mol. The van der Waals surface area contributed by atoms with Crippen LogP contribution >= 0.6 is 0 Å². The highest BCUT2D eigenvalue weighted by Gasteiger charge is 2.12. The first-order chi connectivity index (χ1) is 12.0. The maximum Gasteiger partial charge on any atom is 0.246 e. The summed E-state index contributed by atoms with van der Waals surface area (Å²) in [5, 5.41) is 0. The molecule has 2 aromatic carbocycles. The average molecular weight is 336 g/mol. The molecule has 0 heterocycles. The van der Waals surface area contributed by atoms with Gasteiger partial charge in [0.2, 0.25) is 11.8 Å². The van der Waals surface area contributed by atoms with Crippen LogP contribution in [0, 0.1) is 6.92 Å². The average Bonchev–Trinajstić information content (AvgIpc) is 2.61. The van der Waals surface area contributed by atoms with Gasteiger partial charge in [0.1, 0.15) is 0 Å². The zero-order valence-electron chi connectivity index (χ0n) is 14.5. The van der Waals surface area contributed by atoms with Crippen molar-refractivity contribution in [3.63, 3.8) is 0 Å². The molecule has 0 saturated carbocycles. The number of carbonyl (C=O) groups is 2. The van der Waals surface area contributed by atoms with E-state index < -0.39 is 5.91 Å². The van der Waals surface area contributed by atoms with Gasteiger partial charge in [0, 0.05) is 25.6 Å². The predicted octanol–water partition coefficient (Wildman–Crippen LogP) is 2.95. The van der Waals surface area contributed by atoms with Crippen molar-refractivity contribution >= 4 is 17.9 Å². The van der Waals surface area contributed by atoms with Crippen LogP contribution in [0.4, 0.5) is 0 Å². The van der Waals surface area contributed by atoms with Crippen molar-refractivity contribution in [2.24, 2.45) is 5.73 Å². The van der Waals surface area contributed by atoms with Gasteiger partial charge in [0.05, 0.1) is 0 Å². The van der Waals surface area contributed by atoms with Crippen LogP contribution in [0.3, 0.4) is 0 Å². The first-order valence-corrected chi connectivity index (χ1v) is 8.40. The monoisotopic (exact) mass is 336 g/mol. The third-order valence-electron chi connectivity index (χ3n) is 3.95. The highest BCUT2D eigenvalue weighted by Crippen LogP contribution is 2.07. The minimum atomic E-state index is -0.403. The quantitative estimate of drug-likeness (QED) is 0.753. The van der Waals surface area contributed by atoms with E-state index >= 15 is 0 Å². The fourth-order valence-electron chi connectivity index (χ4n) is 2.44. The Labute approximate surface area is 149 Å². The number of carbonyl (C=O) groups excluding carboxylic acids is 2. The van der Waals surface area contributed by atoms with Gasteiger partial charge in [-0.2, -0.15) is 0 Å². The van der Waals surface area contributed by atoms with Crippen molar-refractivity contribution in [1.29, 1.82) is 0 Å². The number of amides is 2. The number of aryl methyl sites for hydroxylation is 1. The summed E-state index contributed by atoms with van der Waals surface area (Å²) in [6, 6.07) is 17.9. The number of rotatable bonds is 8. The van der Waals surface area contributed by atoms with Crippen LogP contribution in [-0.4, -0.2) is 29.8 Å². The van der Waals surface area contributed by atoms with Crippen LogP contribution in [-0.2, 0) is 16.0 Å². The smallest absolute Gasteiger partial charge is 0.246 e. The second-order valence-corrected chi connectivity index (χ2v) is 6.02. The largest absolute Gasteiger partial charge is 0.370 e. The zero-order valence-corrected chi connectivity index (χ0v) is 14.5. The van der Waals surface area contributed by atoms with E-state index in [0.717, 1.165) is 17.5 Å². The van der Waals surface area contributed by atoms with E-state index in [1.165, 1.54) is 5.56 Å². The van der Waals surface area contributed by atoms with Gasteiger partial charge in [0.15, 0.2) is 0 Å². The summed E-state index contributed by atoms with van der Waals surface area (Å²) in [4.78, 5) is 25.3. The molecule has 2 N–H and O–H groups in total. The van der Waals surface area contributed by atoms with Crippen LogP contribution in [0.2, 0.25) is 0 Å². The molecule has 0 atom stereocenters. The minimum absolute atomic E-state index is 0.113. The molecule has 0 aromatic heterocycles. The Hall–Kier alpha value is -2.88. The molecule has 0 radical (unpaired) electrons. The first-order valence-electron chi connectivity index (χ1n) is 8.40. The van der Waals surface area contributed by atoms with Crippen molar-refractivity contribution in [2.75, 3.05) is 13.1 Å².